The first-order chi connectivity index (χ1) is 12.1. The van der Waals surface area contributed by atoms with Crippen molar-refractivity contribution < 1.29 is 9.32 Å². The zero-order valence-corrected chi connectivity index (χ0v) is 15.0. The van der Waals surface area contributed by atoms with E-state index < -0.39 is 0 Å². The highest BCUT2D eigenvalue weighted by Gasteiger charge is 2.22. The Morgan fingerprint density at radius 3 is 3.00 bits per heavy atom. The lowest BCUT2D eigenvalue weighted by atomic mass is 9.97. The van der Waals surface area contributed by atoms with Crippen LogP contribution in [0, 0.1) is 6.92 Å². The highest BCUT2D eigenvalue weighted by atomic mass is 32.1. The normalized spacial score (nSPS) is 13.7. The number of fused-ring (bicyclic) bond motifs is 3. The van der Waals surface area contributed by atoms with Crippen LogP contribution in [-0.2, 0) is 17.6 Å². The van der Waals surface area contributed by atoms with Crippen molar-refractivity contribution in [1.82, 2.24) is 15.1 Å². The highest BCUT2D eigenvalue weighted by Crippen LogP contribution is 2.38. The van der Waals surface area contributed by atoms with Gasteiger partial charge in [0.25, 0.3) is 0 Å². The minimum atomic E-state index is -0.161. The Morgan fingerprint density at radius 1 is 1.36 bits per heavy atom. The summed E-state index contributed by atoms with van der Waals surface area (Å²) in [6.07, 6.45) is 6.19. The summed E-state index contributed by atoms with van der Waals surface area (Å²) >= 11 is 1.75. The number of nitrogens with zero attached hydrogens (tertiary/aromatic N) is 4. The van der Waals surface area contributed by atoms with Crippen molar-refractivity contribution in [2.75, 3.05) is 23.8 Å². The Labute approximate surface area is 149 Å². The Morgan fingerprint density at radius 2 is 2.20 bits per heavy atom. The van der Waals surface area contributed by atoms with E-state index >= 15 is 0 Å². The molecule has 1 aliphatic rings. The van der Waals surface area contributed by atoms with E-state index in [-0.39, 0.29) is 12.5 Å². The fourth-order valence-electron chi connectivity index (χ4n) is 3.26. The summed E-state index contributed by atoms with van der Waals surface area (Å²) in [5, 5.41) is 7.63. The smallest absolute Gasteiger partial charge is 0.245 e. The molecule has 0 aromatic carbocycles. The van der Waals surface area contributed by atoms with E-state index in [2.05, 4.69) is 20.4 Å². The quantitative estimate of drug-likeness (QED) is 0.773. The first-order valence-electron chi connectivity index (χ1n) is 8.31. The van der Waals surface area contributed by atoms with Gasteiger partial charge in [0.2, 0.25) is 5.91 Å². The van der Waals surface area contributed by atoms with Crippen molar-refractivity contribution in [3.63, 3.8) is 0 Å². The number of hydrogen-bond donors (Lipinski definition) is 1. The summed E-state index contributed by atoms with van der Waals surface area (Å²) in [5.74, 6) is 1.74. The van der Waals surface area contributed by atoms with Gasteiger partial charge >= 0.3 is 0 Å². The van der Waals surface area contributed by atoms with E-state index in [1.807, 2.05) is 11.9 Å². The van der Waals surface area contributed by atoms with Crippen molar-refractivity contribution in [1.29, 1.82) is 0 Å². The number of thiophene rings is 1. The molecule has 3 aromatic heterocycles. The summed E-state index contributed by atoms with van der Waals surface area (Å²) in [5.41, 5.74) is 1.36. The maximum absolute atomic E-state index is 12.3. The lowest BCUT2D eigenvalue weighted by Crippen LogP contribution is -2.31. The zero-order valence-electron chi connectivity index (χ0n) is 14.2. The molecule has 25 heavy (non-hydrogen) atoms. The molecular weight excluding hydrogens is 338 g/mol. The number of rotatable bonds is 4. The molecule has 0 aliphatic heterocycles. The molecule has 3 heterocycles. The number of hydrogen-bond acceptors (Lipinski definition) is 7. The molecule has 0 saturated carbocycles. The van der Waals surface area contributed by atoms with Crippen LogP contribution in [0.15, 0.2) is 16.9 Å². The van der Waals surface area contributed by atoms with Gasteiger partial charge in [0.15, 0.2) is 5.82 Å². The fraction of sp³-hybridized carbons (Fsp3) is 0.412. The van der Waals surface area contributed by atoms with Gasteiger partial charge in [-0.15, -0.1) is 11.3 Å². The third-order valence-corrected chi connectivity index (χ3v) is 5.57. The molecule has 1 N–H and O–H groups in total. The van der Waals surface area contributed by atoms with Crippen LogP contribution in [-0.4, -0.2) is 34.6 Å². The molecule has 1 aliphatic carbocycles. The average molecular weight is 357 g/mol. The molecule has 8 heteroatoms. The van der Waals surface area contributed by atoms with Gasteiger partial charge in [-0.2, -0.15) is 0 Å². The first kappa shape index (κ1) is 16.0. The van der Waals surface area contributed by atoms with Crippen molar-refractivity contribution in [2.24, 2.45) is 0 Å². The summed E-state index contributed by atoms with van der Waals surface area (Å²) in [6, 6.07) is 1.69. The third kappa shape index (κ3) is 3.09. The van der Waals surface area contributed by atoms with Crippen molar-refractivity contribution in [3.05, 3.63) is 28.6 Å². The monoisotopic (exact) mass is 357 g/mol. The number of carbonyl (C=O) groups is 1. The van der Waals surface area contributed by atoms with Crippen molar-refractivity contribution in [3.8, 4) is 0 Å². The maximum atomic E-state index is 12.3. The van der Waals surface area contributed by atoms with Crippen LogP contribution in [0.5, 0.6) is 0 Å². The minimum absolute atomic E-state index is 0.161. The summed E-state index contributed by atoms with van der Waals surface area (Å²) in [4.78, 5) is 25.5. The van der Waals surface area contributed by atoms with Crippen LogP contribution < -0.4 is 10.2 Å². The molecule has 0 radical (unpaired) electrons. The predicted octanol–water partition coefficient (Wildman–Crippen LogP) is 2.94. The number of nitrogens with one attached hydrogen (secondary N) is 1. The Bertz CT molecular complexity index is 932. The van der Waals surface area contributed by atoms with E-state index in [9.17, 15) is 4.79 Å². The number of anilines is 2. The van der Waals surface area contributed by atoms with Crippen LogP contribution in [0.25, 0.3) is 10.2 Å². The number of aromatic nitrogens is 3. The van der Waals surface area contributed by atoms with Crippen molar-refractivity contribution >= 4 is 39.1 Å². The van der Waals surface area contributed by atoms with Crippen LogP contribution in [0.1, 0.15) is 29.0 Å². The van der Waals surface area contributed by atoms with Gasteiger partial charge < -0.3 is 14.7 Å². The van der Waals surface area contributed by atoms with Gasteiger partial charge in [-0.1, -0.05) is 5.16 Å². The molecule has 0 atom stereocenters. The fourth-order valence-corrected chi connectivity index (χ4v) is 4.48. The van der Waals surface area contributed by atoms with Gasteiger partial charge in [-0.25, -0.2) is 9.97 Å². The number of likely N-dealkylation sites (N-methyl/N-ethyl adjacent to an activating group) is 1. The van der Waals surface area contributed by atoms with Gasteiger partial charge in [0.1, 0.15) is 22.7 Å². The lowest BCUT2D eigenvalue weighted by Gasteiger charge is -2.19. The van der Waals surface area contributed by atoms with Crippen LogP contribution in [0.3, 0.4) is 0 Å². The predicted molar refractivity (Wildman–Crippen MR) is 97.2 cm³/mol. The Hall–Kier alpha value is -2.48. The summed E-state index contributed by atoms with van der Waals surface area (Å²) in [7, 11) is 1.88. The van der Waals surface area contributed by atoms with Crippen LogP contribution in [0.2, 0.25) is 0 Å². The second kappa shape index (κ2) is 6.44. The van der Waals surface area contributed by atoms with E-state index in [0.29, 0.717) is 11.6 Å². The van der Waals surface area contributed by atoms with Gasteiger partial charge in [0.05, 0.1) is 11.9 Å². The van der Waals surface area contributed by atoms with E-state index in [1.165, 1.54) is 23.3 Å². The van der Waals surface area contributed by atoms with Crippen LogP contribution >= 0.6 is 11.3 Å². The zero-order chi connectivity index (χ0) is 17.4. The van der Waals surface area contributed by atoms with Crippen molar-refractivity contribution in [2.45, 2.75) is 32.6 Å². The molecule has 130 valence electrons. The van der Waals surface area contributed by atoms with Gasteiger partial charge in [-0.3, -0.25) is 4.79 Å². The molecule has 0 saturated heterocycles. The second-order valence-electron chi connectivity index (χ2n) is 6.32. The lowest BCUT2D eigenvalue weighted by molar-refractivity contribution is -0.115. The van der Waals surface area contributed by atoms with E-state index in [0.717, 1.165) is 28.9 Å². The minimum Gasteiger partial charge on any atom is -0.360 e. The number of aryl methyl sites for hydroxylation is 3. The maximum Gasteiger partial charge on any atom is 0.245 e. The average Bonchev–Trinajstić information content (AvgIpc) is 3.17. The van der Waals surface area contributed by atoms with E-state index in [1.54, 1.807) is 30.7 Å². The topological polar surface area (TPSA) is 84.2 Å². The molecular formula is C17H19N5O2S. The Balaban J connectivity index is 1.58. The molecule has 0 fully saturated rings. The molecule has 0 unspecified atom stereocenters. The largest absolute Gasteiger partial charge is 0.360 e. The van der Waals surface area contributed by atoms with Gasteiger partial charge in [0, 0.05) is 18.0 Å². The summed E-state index contributed by atoms with van der Waals surface area (Å²) in [6.45, 7) is 1.97. The summed E-state index contributed by atoms with van der Waals surface area (Å²) < 4.78 is 4.97. The number of carbonyl (C=O) groups excluding carboxylic acids is 1. The molecule has 7 nitrogen and oxygen atoms in total. The standard InChI is InChI=1S/C17H19N5O2S/c1-10-7-13(21-24-10)20-14(23)8-22(2)16-15-11-5-3-4-6-12(11)25-17(15)19-9-18-16/h7,9H,3-6,8H2,1-2H3,(H,20,21,23). The molecule has 4 rings (SSSR count). The number of amides is 1. The second-order valence-corrected chi connectivity index (χ2v) is 7.40. The van der Waals surface area contributed by atoms with Gasteiger partial charge in [-0.05, 0) is 38.2 Å². The Kier molecular flexibility index (Phi) is 4.12. The third-order valence-electron chi connectivity index (χ3n) is 4.37. The molecule has 1 amide bonds. The first-order valence-corrected chi connectivity index (χ1v) is 9.13. The molecule has 0 bridgehead atoms. The molecule has 3 aromatic rings. The molecule has 0 spiro atoms. The SMILES string of the molecule is Cc1cc(NC(=O)CN(C)c2ncnc3sc4c(c23)CCCC4)no1. The highest BCUT2D eigenvalue weighted by molar-refractivity contribution is 7.19. The van der Waals surface area contributed by atoms with E-state index in [4.69, 9.17) is 4.52 Å². The van der Waals surface area contributed by atoms with Crippen LogP contribution in [0.4, 0.5) is 11.6 Å².